The summed E-state index contributed by atoms with van der Waals surface area (Å²) in [6.07, 6.45) is 0.0393. The first-order chi connectivity index (χ1) is 15.0. The summed E-state index contributed by atoms with van der Waals surface area (Å²) in [7, 11) is 0. The molecule has 0 aliphatic rings. The summed E-state index contributed by atoms with van der Waals surface area (Å²) in [4.78, 5) is 0. The Bertz CT molecular complexity index is 679. The van der Waals surface area contributed by atoms with Crippen LogP contribution in [0, 0.1) is 0 Å². The van der Waals surface area contributed by atoms with Gasteiger partial charge in [-0.1, -0.05) is 60.7 Å². The molecule has 0 heterocycles. The first-order valence-corrected chi connectivity index (χ1v) is 11.1. The van der Waals surface area contributed by atoms with Crippen molar-refractivity contribution in [3.63, 3.8) is 0 Å². The predicted molar refractivity (Wildman–Crippen MR) is 123 cm³/mol. The van der Waals surface area contributed by atoms with E-state index in [0.717, 1.165) is 0 Å². The molecule has 0 bridgehead atoms. The molecule has 0 saturated heterocycles. The van der Waals surface area contributed by atoms with Crippen molar-refractivity contribution < 1.29 is 23.7 Å². The van der Waals surface area contributed by atoms with Crippen LogP contribution in [0.15, 0.2) is 60.7 Å². The van der Waals surface area contributed by atoms with E-state index in [1.165, 1.54) is 11.1 Å². The van der Waals surface area contributed by atoms with Crippen molar-refractivity contribution in [2.45, 2.75) is 65.3 Å². The van der Waals surface area contributed by atoms with Crippen LogP contribution in [0.25, 0.3) is 0 Å². The van der Waals surface area contributed by atoms with E-state index in [0.29, 0.717) is 39.6 Å². The Morgan fingerprint density at radius 2 is 0.871 bits per heavy atom. The Morgan fingerprint density at radius 1 is 0.484 bits per heavy atom. The van der Waals surface area contributed by atoms with Crippen molar-refractivity contribution in [1.29, 1.82) is 0 Å². The summed E-state index contributed by atoms with van der Waals surface area (Å²) in [6, 6.07) is 20.3. The molecule has 0 aliphatic heterocycles. The molecule has 5 nitrogen and oxygen atoms in total. The topological polar surface area (TPSA) is 46.2 Å². The molecule has 2 rings (SSSR count). The number of rotatable bonds is 16. The van der Waals surface area contributed by atoms with Gasteiger partial charge in [-0.2, -0.15) is 0 Å². The van der Waals surface area contributed by atoms with Crippen molar-refractivity contribution in [2.75, 3.05) is 26.4 Å². The fraction of sp³-hybridized carbons (Fsp3) is 0.538. The van der Waals surface area contributed by atoms with Gasteiger partial charge in [-0.25, -0.2) is 0 Å². The zero-order chi connectivity index (χ0) is 22.3. The smallest absolute Gasteiger partial charge is 0.0785 e. The second-order valence-electron chi connectivity index (χ2n) is 8.04. The van der Waals surface area contributed by atoms with Gasteiger partial charge in [0.2, 0.25) is 0 Å². The van der Waals surface area contributed by atoms with Crippen LogP contribution < -0.4 is 0 Å². The molecule has 0 aliphatic carbocycles. The maximum atomic E-state index is 5.86. The average Bonchev–Trinajstić information content (AvgIpc) is 2.80. The SMILES string of the molecule is CC(COCc1ccccc1)OCC(C)OCC(C)OCC(C)OCc1ccccc1. The van der Waals surface area contributed by atoms with E-state index < -0.39 is 0 Å². The van der Waals surface area contributed by atoms with Crippen molar-refractivity contribution in [3.05, 3.63) is 71.8 Å². The summed E-state index contributed by atoms with van der Waals surface area (Å²) < 4.78 is 29.1. The van der Waals surface area contributed by atoms with Gasteiger partial charge < -0.3 is 23.7 Å². The lowest BCUT2D eigenvalue weighted by Crippen LogP contribution is -2.28. The number of ether oxygens (including phenoxy) is 5. The van der Waals surface area contributed by atoms with E-state index in [2.05, 4.69) is 24.3 Å². The van der Waals surface area contributed by atoms with E-state index in [4.69, 9.17) is 23.7 Å². The number of benzene rings is 2. The van der Waals surface area contributed by atoms with Gasteiger partial charge in [-0.3, -0.25) is 0 Å². The molecule has 0 fully saturated rings. The first kappa shape index (κ1) is 25.5. The van der Waals surface area contributed by atoms with Crippen LogP contribution in [-0.4, -0.2) is 50.8 Å². The fourth-order valence-corrected chi connectivity index (χ4v) is 2.82. The van der Waals surface area contributed by atoms with Crippen molar-refractivity contribution >= 4 is 0 Å². The van der Waals surface area contributed by atoms with E-state index in [-0.39, 0.29) is 24.4 Å². The van der Waals surface area contributed by atoms with Crippen LogP contribution in [0.1, 0.15) is 38.8 Å². The van der Waals surface area contributed by atoms with Gasteiger partial charge in [-0.05, 0) is 38.8 Å². The molecule has 4 atom stereocenters. The Labute approximate surface area is 187 Å². The zero-order valence-corrected chi connectivity index (χ0v) is 19.4. The van der Waals surface area contributed by atoms with Crippen LogP contribution >= 0.6 is 0 Å². The molecule has 0 aromatic heterocycles. The summed E-state index contributed by atoms with van der Waals surface area (Å²) >= 11 is 0. The molecule has 4 unspecified atom stereocenters. The first-order valence-electron chi connectivity index (χ1n) is 11.1. The second-order valence-corrected chi connectivity index (χ2v) is 8.04. The number of hydrogen-bond donors (Lipinski definition) is 0. The van der Waals surface area contributed by atoms with Gasteiger partial charge in [0, 0.05) is 0 Å². The van der Waals surface area contributed by atoms with Gasteiger partial charge in [0.15, 0.2) is 0 Å². The molecule has 0 radical (unpaired) electrons. The van der Waals surface area contributed by atoms with Gasteiger partial charge in [0.25, 0.3) is 0 Å². The highest BCUT2D eigenvalue weighted by Crippen LogP contribution is 2.06. The molecule has 0 N–H and O–H groups in total. The predicted octanol–water partition coefficient (Wildman–Crippen LogP) is 5.02. The maximum absolute atomic E-state index is 5.86. The summed E-state index contributed by atoms with van der Waals surface area (Å²) in [5, 5.41) is 0. The van der Waals surface area contributed by atoms with Crippen LogP contribution in [0.5, 0.6) is 0 Å². The molecule has 0 spiro atoms. The third-order valence-corrected chi connectivity index (χ3v) is 4.69. The maximum Gasteiger partial charge on any atom is 0.0785 e. The molecule has 0 saturated carbocycles. The molecule has 2 aromatic rings. The largest absolute Gasteiger partial charge is 0.374 e. The minimum Gasteiger partial charge on any atom is -0.374 e. The van der Waals surface area contributed by atoms with Gasteiger partial charge in [-0.15, -0.1) is 0 Å². The van der Waals surface area contributed by atoms with E-state index in [1.807, 2.05) is 64.1 Å². The highest BCUT2D eigenvalue weighted by Gasteiger charge is 2.12. The average molecular weight is 431 g/mol. The molecule has 5 heteroatoms. The van der Waals surface area contributed by atoms with Gasteiger partial charge in [0.1, 0.15) is 0 Å². The zero-order valence-electron chi connectivity index (χ0n) is 19.4. The van der Waals surface area contributed by atoms with Crippen molar-refractivity contribution in [3.8, 4) is 0 Å². The Kier molecular flexibility index (Phi) is 12.4. The molecule has 0 amide bonds. The number of hydrogen-bond acceptors (Lipinski definition) is 5. The van der Waals surface area contributed by atoms with E-state index in [9.17, 15) is 0 Å². The monoisotopic (exact) mass is 430 g/mol. The third kappa shape index (κ3) is 12.0. The summed E-state index contributed by atoms with van der Waals surface area (Å²) in [5.74, 6) is 0. The Balaban J connectivity index is 1.48. The summed E-state index contributed by atoms with van der Waals surface area (Å²) in [6.45, 7) is 11.4. The van der Waals surface area contributed by atoms with Crippen molar-refractivity contribution in [1.82, 2.24) is 0 Å². The van der Waals surface area contributed by atoms with Crippen LogP contribution in [-0.2, 0) is 36.9 Å². The lowest BCUT2D eigenvalue weighted by atomic mass is 10.2. The molecular weight excluding hydrogens is 392 g/mol. The minimum atomic E-state index is -0.00521. The lowest BCUT2D eigenvalue weighted by molar-refractivity contribution is -0.0941. The minimum absolute atomic E-state index is 0.00291. The summed E-state index contributed by atoms with van der Waals surface area (Å²) in [5.41, 5.74) is 2.33. The Hall–Kier alpha value is -1.76. The van der Waals surface area contributed by atoms with Crippen LogP contribution in [0.4, 0.5) is 0 Å². The highest BCUT2D eigenvalue weighted by atomic mass is 16.6. The van der Waals surface area contributed by atoms with E-state index >= 15 is 0 Å². The third-order valence-electron chi connectivity index (χ3n) is 4.69. The molecule has 2 aromatic carbocycles. The Morgan fingerprint density at radius 3 is 1.35 bits per heavy atom. The normalized spacial score (nSPS) is 15.4. The van der Waals surface area contributed by atoms with Crippen LogP contribution in [0.2, 0.25) is 0 Å². The molecule has 31 heavy (non-hydrogen) atoms. The second kappa shape index (κ2) is 15.1. The quantitative estimate of drug-likeness (QED) is 0.374. The van der Waals surface area contributed by atoms with Gasteiger partial charge >= 0.3 is 0 Å². The highest BCUT2D eigenvalue weighted by molar-refractivity contribution is 5.14. The van der Waals surface area contributed by atoms with E-state index in [1.54, 1.807) is 0 Å². The van der Waals surface area contributed by atoms with Crippen molar-refractivity contribution in [2.24, 2.45) is 0 Å². The lowest BCUT2D eigenvalue weighted by Gasteiger charge is -2.21. The standard InChI is InChI=1S/C26H38O5/c1-21(15-27-19-25-11-7-5-8-12-25)28-16-22(2)29-17-23(3)30-18-24(4)31-20-26-13-9-6-10-14-26/h5-14,21-24H,15-20H2,1-4H3. The van der Waals surface area contributed by atoms with Gasteiger partial charge in [0.05, 0.1) is 64.1 Å². The fourth-order valence-electron chi connectivity index (χ4n) is 2.82. The van der Waals surface area contributed by atoms with Crippen LogP contribution in [0.3, 0.4) is 0 Å². The molecular formula is C26H38O5. The molecule has 172 valence electrons.